The molecule has 6 nitrogen and oxygen atoms in total. The van der Waals surface area contributed by atoms with E-state index >= 15 is 0 Å². The highest BCUT2D eigenvalue weighted by molar-refractivity contribution is 5.79. The van der Waals surface area contributed by atoms with E-state index in [-0.39, 0.29) is 11.9 Å². The first-order valence-electron chi connectivity index (χ1n) is 6.45. The molecule has 1 aliphatic rings. The summed E-state index contributed by atoms with van der Waals surface area (Å²) in [7, 11) is 0. The van der Waals surface area contributed by atoms with Crippen molar-refractivity contribution in [2.45, 2.75) is 20.3 Å². The van der Waals surface area contributed by atoms with Crippen molar-refractivity contribution in [2.75, 3.05) is 39.4 Å². The fourth-order valence-corrected chi connectivity index (χ4v) is 1.92. The summed E-state index contributed by atoms with van der Waals surface area (Å²) in [6.45, 7) is 7.87. The first-order chi connectivity index (χ1) is 8.50. The summed E-state index contributed by atoms with van der Waals surface area (Å²) in [5, 5.41) is 7.26. The Morgan fingerprint density at radius 1 is 1.44 bits per heavy atom. The Kier molecular flexibility index (Phi) is 5.91. The first kappa shape index (κ1) is 14.8. The van der Waals surface area contributed by atoms with Crippen LogP contribution < -0.4 is 5.73 Å². The maximum absolute atomic E-state index is 12.3. The Morgan fingerprint density at radius 3 is 2.56 bits per heavy atom. The first-order valence-corrected chi connectivity index (χ1v) is 6.45. The number of carbonyl (C=O) groups excluding carboxylic acids is 1. The zero-order valence-electron chi connectivity index (χ0n) is 11.3. The quantitative estimate of drug-likeness (QED) is 0.561. The molecule has 1 heterocycles. The Hall–Kier alpha value is -1.30. The van der Waals surface area contributed by atoms with Crippen LogP contribution in [0.25, 0.3) is 0 Å². The molecule has 104 valence electrons. The molecule has 1 rings (SSSR count). The molecule has 3 N–H and O–H groups in total. The van der Waals surface area contributed by atoms with Gasteiger partial charge in [0.25, 0.3) is 0 Å². The van der Waals surface area contributed by atoms with Crippen LogP contribution >= 0.6 is 0 Å². The molecule has 0 bridgehead atoms. The van der Waals surface area contributed by atoms with E-state index in [2.05, 4.69) is 13.8 Å². The van der Waals surface area contributed by atoms with Crippen molar-refractivity contribution in [1.29, 1.82) is 5.41 Å². The topological polar surface area (TPSA) is 82.7 Å². The van der Waals surface area contributed by atoms with Crippen molar-refractivity contribution in [1.82, 2.24) is 9.80 Å². The molecule has 0 atom stereocenters. The molecule has 2 amide bonds. The second kappa shape index (κ2) is 7.20. The molecular weight excluding hydrogens is 232 g/mol. The number of ether oxygens (including phenoxy) is 1. The molecular formula is C12H24N4O2. The highest BCUT2D eigenvalue weighted by Crippen LogP contribution is 2.07. The number of amides is 2. The van der Waals surface area contributed by atoms with Gasteiger partial charge in [0.15, 0.2) is 0 Å². The van der Waals surface area contributed by atoms with Crippen LogP contribution in [0.15, 0.2) is 0 Å². The van der Waals surface area contributed by atoms with E-state index in [1.165, 1.54) is 0 Å². The molecule has 0 aromatic rings. The van der Waals surface area contributed by atoms with E-state index in [1.807, 2.05) is 4.90 Å². The number of urea groups is 1. The van der Waals surface area contributed by atoms with Crippen LogP contribution in [-0.4, -0.2) is 61.1 Å². The number of carbonyl (C=O) groups is 1. The highest BCUT2D eigenvalue weighted by atomic mass is 16.5. The van der Waals surface area contributed by atoms with Crippen LogP contribution in [0, 0.1) is 11.3 Å². The molecule has 0 saturated carbocycles. The van der Waals surface area contributed by atoms with Gasteiger partial charge in [0.1, 0.15) is 0 Å². The predicted molar refractivity (Wildman–Crippen MR) is 70.7 cm³/mol. The monoisotopic (exact) mass is 256 g/mol. The molecule has 0 aliphatic carbocycles. The lowest BCUT2D eigenvalue weighted by atomic mass is 10.2. The Labute approximate surface area is 109 Å². The molecule has 0 aromatic heterocycles. The van der Waals surface area contributed by atoms with Crippen LogP contribution in [0.4, 0.5) is 4.79 Å². The van der Waals surface area contributed by atoms with Crippen molar-refractivity contribution in [3.05, 3.63) is 0 Å². The SMILES string of the molecule is CC(C)CN(CCC(=N)N)C(=O)N1CCOCC1. The van der Waals surface area contributed by atoms with Gasteiger partial charge in [-0.3, -0.25) is 5.41 Å². The number of nitrogens with one attached hydrogen (secondary N) is 1. The van der Waals surface area contributed by atoms with Crippen LogP contribution in [0.2, 0.25) is 0 Å². The third kappa shape index (κ3) is 4.91. The van der Waals surface area contributed by atoms with Gasteiger partial charge in [-0.15, -0.1) is 0 Å². The Morgan fingerprint density at radius 2 is 2.06 bits per heavy atom. The third-order valence-corrected chi connectivity index (χ3v) is 2.79. The van der Waals surface area contributed by atoms with Crippen molar-refractivity contribution >= 4 is 11.9 Å². The second-order valence-electron chi connectivity index (χ2n) is 5.00. The van der Waals surface area contributed by atoms with Gasteiger partial charge in [0.05, 0.1) is 19.0 Å². The van der Waals surface area contributed by atoms with Gasteiger partial charge in [-0.1, -0.05) is 13.8 Å². The summed E-state index contributed by atoms with van der Waals surface area (Å²) in [6.07, 6.45) is 0.433. The lowest BCUT2D eigenvalue weighted by Crippen LogP contribution is -2.49. The molecule has 18 heavy (non-hydrogen) atoms. The molecule has 1 aliphatic heterocycles. The number of amidine groups is 1. The summed E-state index contributed by atoms with van der Waals surface area (Å²) < 4.78 is 5.24. The van der Waals surface area contributed by atoms with Gasteiger partial charge in [-0.05, 0) is 5.92 Å². The predicted octanol–water partition coefficient (Wildman–Crippen LogP) is 0.723. The molecule has 0 radical (unpaired) electrons. The van der Waals surface area contributed by atoms with E-state index < -0.39 is 0 Å². The summed E-state index contributed by atoms with van der Waals surface area (Å²) >= 11 is 0. The normalized spacial score (nSPS) is 15.8. The zero-order chi connectivity index (χ0) is 13.5. The molecule has 6 heteroatoms. The Balaban J connectivity index is 2.55. The number of hydrogen-bond acceptors (Lipinski definition) is 3. The molecule has 1 fully saturated rings. The maximum Gasteiger partial charge on any atom is 0.320 e. The van der Waals surface area contributed by atoms with Gasteiger partial charge < -0.3 is 20.3 Å². The van der Waals surface area contributed by atoms with Gasteiger partial charge in [0, 0.05) is 32.6 Å². The molecule has 0 unspecified atom stereocenters. The van der Waals surface area contributed by atoms with Crippen molar-refractivity contribution in [3.63, 3.8) is 0 Å². The Bertz CT molecular complexity index is 288. The van der Waals surface area contributed by atoms with Crippen LogP contribution in [0.5, 0.6) is 0 Å². The van der Waals surface area contributed by atoms with E-state index in [0.29, 0.717) is 51.7 Å². The molecule has 0 spiro atoms. The van der Waals surface area contributed by atoms with E-state index in [9.17, 15) is 4.79 Å². The number of morpholine rings is 1. The smallest absolute Gasteiger partial charge is 0.320 e. The lowest BCUT2D eigenvalue weighted by Gasteiger charge is -2.33. The van der Waals surface area contributed by atoms with Crippen molar-refractivity contribution < 1.29 is 9.53 Å². The van der Waals surface area contributed by atoms with E-state index in [1.54, 1.807) is 4.90 Å². The minimum absolute atomic E-state index is 0.0354. The van der Waals surface area contributed by atoms with Gasteiger partial charge in [0.2, 0.25) is 0 Å². The highest BCUT2D eigenvalue weighted by Gasteiger charge is 2.23. The number of nitrogens with two attached hydrogens (primary N) is 1. The number of rotatable bonds is 5. The summed E-state index contributed by atoms with van der Waals surface area (Å²) in [5.41, 5.74) is 5.36. The van der Waals surface area contributed by atoms with Crippen LogP contribution in [-0.2, 0) is 4.74 Å². The fraction of sp³-hybridized carbons (Fsp3) is 0.833. The minimum atomic E-state index is 0.0354. The van der Waals surface area contributed by atoms with Gasteiger partial charge >= 0.3 is 6.03 Å². The van der Waals surface area contributed by atoms with Crippen LogP contribution in [0.3, 0.4) is 0 Å². The standard InChI is InChI=1S/C12H24N4O2/c1-10(2)9-16(4-3-11(13)14)12(17)15-5-7-18-8-6-15/h10H,3-9H2,1-2H3,(H3,13,14). The average Bonchev–Trinajstić information content (AvgIpc) is 2.34. The number of nitrogens with zero attached hydrogens (tertiary/aromatic N) is 2. The van der Waals surface area contributed by atoms with Crippen molar-refractivity contribution in [2.24, 2.45) is 11.7 Å². The van der Waals surface area contributed by atoms with Crippen molar-refractivity contribution in [3.8, 4) is 0 Å². The van der Waals surface area contributed by atoms with Crippen LogP contribution in [0.1, 0.15) is 20.3 Å². The lowest BCUT2D eigenvalue weighted by molar-refractivity contribution is 0.0425. The summed E-state index contributed by atoms with van der Waals surface area (Å²) in [6, 6.07) is 0.0354. The minimum Gasteiger partial charge on any atom is -0.388 e. The molecule has 1 saturated heterocycles. The second-order valence-corrected chi connectivity index (χ2v) is 5.00. The number of hydrogen-bond donors (Lipinski definition) is 2. The average molecular weight is 256 g/mol. The summed E-state index contributed by atoms with van der Waals surface area (Å²) in [5.74, 6) is 0.528. The molecule has 0 aromatic carbocycles. The third-order valence-electron chi connectivity index (χ3n) is 2.79. The maximum atomic E-state index is 12.3. The summed E-state index contributed by atoms with van der Waals surface area (Å²) in [4.78, 5) is 15.9. The largest absolute Gasteiger partial charge is 0.388 e. The fourth-order valence-electron chi connectivity index (χ4n) is 1.92. The van der Waals surface area contributed by atoms with Gasteiger partial charge in [-0.2, -0.15) is 0 Å². The van der Waals surface area contributed by atoms with Gasteiger partial charge in [-0.25, -0.2) is 4.79 Å². The zero-order valence-corrected chi connectivity index (χ0v) is 11.3. The van der Waals surface area contributed by atoms with E-state index in [4.69, 9.17) is 15.9 Å². The van der Waals surface area contributed by atoms with E-state index in [0.717, 1.165) is 0 Å².